The third kappa shape index (κ3) is 3.05. The minimum absolute atomic E-state index is 0.112. The highest BCUT2D eigenvalue weighted by atomic mass is 16.1. The lowest BCUT2D eigenvalue weighted by molar-refractivity contribution is -0.116. The van der Waals surface area contributed by atoms with Crippen LogP contribution in [0.2, 0.25) is 0 Å². The predicted octanol–water partition coefficient (Wildman–Crippen LogP) is 1.84. The van der Waals surface area contributed by atoms with Crippen LogP contribution in [0, 0.1) is 6.92 Å². The average Bonchev–Trinajstić information content (AvgIpc) is 2.20. The van der Waals surface area contributed by atoms with Gasteiger partial charge in [-0.3, -0.25) is 4.79 Å². The maximum absolute atomic E-state index is 10.9. The van der Waals surface area contributed by atoms with E-state index in [4.69, 9.17) is 0 Å². The molecule has 0 saturated carbocycles. The van der Waals surface area contributed by atoms with Crippen LogP contribution in [0.4, 0.5) is 0 Å². The van der Waals surface area contributed by atoms with E-state index >= 15 is 0 Å². The molecule has 1 rings (SSSR count). The normalized spacial score (nSPS) is 9.50. The van der Waals surface area contributed by atoms with E-state index in [1.165, 1.54) is 17.2 Å². The third-order valence-corrected chi connectivity index (χ3v) is 2.14. The first kappa shape index (κ1) is 10.5. The van der Waals surface area contributed by atoms with Crippen LogP contribution in [0.25, 0.3) is 0 Å². The summed E-state index contributed by atoms with van der Waals surface area (Å²) in [6, 6.07) is 8.18. The molecule has 0 heterocycles. The van der Waals surface area contributed by atoms with E-state index in [0.29, 0.717) is 6.54 Å². The van der Waals surface area contributed by atoms with Gasteiger partial charge in [-0.1, -0.05) is 30.8 Å². The Morgan fingerprint density at radius 2 is 2.21 bits per heavy atom. The summed E-state index contributed by atoms with van der Waals surface area (Å²) < 4.78 is 0. The van der Waals surface area contributed by atoms with E-state index in [0.717, 1.165) is 6.42 Å². The van der Waals surface area contributed by atoms with Gasteiger partial charge in [0.2, 0.25) is 5.91 Å². The van der Waals surface area contributed by atoms with Crippen LogP contribution in [-0.4, -0.2) is 12.5 Å². The second-order valence-electron chi connectivity index (χ2n) is 3.17. The fourth-order valence-corrected chi connectivity index (χ4v) is 1.28. The molecule has 0 unspecified atom stereocenters. The highest BCUT2D eigenvalue weighted by molar-refractivity contribution is 5.86. The summed E-state index contributed by atoms with van der Waals surface area (Å²) >= 11 is 0. The first-order valence-corrected chi connectivity index (χ1v) is 4.69. The highest BCUT2D eigenvalue weighted by Gasteiger charge is 1.97. The van der Waals surface area contributed by atoms with Gasteiger partial charge in [0, 0.05) is 6.54 Å². The van der Waals surface area contributed by atoms with Crippen LogP contribution >= 0.6 is 0 Å². The first-order chi connectivity index (χ1) is 6.74. The van der Waals surface area contributed by atoms with Crippen molar-refractivity contribution < 1.29 is 4.79 Å². The Labute approximate surface area is 84.6 Å². The Hall–Kier alpha value is -1.57. The van der Waals surface area contributed by atoms with E-state index in [9.17, 15) is 4.79 Å². The van der Waals surface area contributed by atoms with Crippen molar-refractivity contribution in [2.24, 2.45) is 0 Å². The zero-order chi connectivity index (χ0) is 10.4. The highest BCUT2D eigenvalue weighted by Crippen LogP contribution is 2.06. The number of aryl methyl sites for hydroxylation is 1. The largest absolute Gasteiger partial charge is 0.352 e. The fraction of sp³-hybridized carbons (Fsp3) is 0.250. The van der Waals surface area contributed by atoms with Gasteiger partial charge < -0.3 is 5.32 Å². The zero-order valence-corrected chi connectivity index (χ0v) is 8.42. The molecule has 0 radical (unpaired) electrons. The van der Waals surface area contributed by atoms with Gasteiger partial charge in [0.05, 0.1) is 0 Å². The molecule has 0 aliphatic heterocycles. The van der Waals surface area contributed by atoms with Crippen LogP contribution in [0.5, 0.6) is 0 Å². The SMILES string of the molecule is C=CC(=O)NCCc1ccccc1C. The maximum Gasteiger partial charge on any atom is 0.243 e. The van der Waals surface area contributed by atoms with Gasteiger partial charge in [0.25, 0.3) is 0 Å². The topological polar surface area (TPSA) is 29.1 Å². The van der Waals surface area contributed by atoms with Crippen LogP contribution in [0.15, 0.2) is 36.9 Å². The van der Waals surface area contributed by atoms with Gasteiger partial charge >= 0.3 is 0 Å². The summed E-state index contributed by atoms with van der Waals surface area (Å²) in [5, 5.41) is 2.75. The van der Waals surface area contributed by atoms with Crippen LogP contribution < -0.4 is 5.32 Å². The molecule has 2 nitrogen and oxygen atoms in total. The van der Waals surface area contributed by atoms with E-state index in [1.54, 1.807) is 0 Å². The molecule has 1 aromatic rings. The number of carbonyl (C=O) groups is 1. The summed E-state index contributed by atoms with van der Waals surface area (Å²) in [7, 11) is 0. The molecule has 1 N–H and O–H groups in total. The minimum atomic E-state index is -0.112. The monoisotopic (exact) mass is 189 g/mol. The van der Waals surface area contributed by atoms with Crippen LogP contribution in [0.1, 0.15) is 11.1 Å². The summed E-state index contributed by atoms with van der Waals surface area (Å²) in [6.07, 6.45) is 2.16. The predicted molar refractivity (Wildman–Crippen MR) is 58.1 cm³/mol. The second kappa shape index (κ2) is 5.22. The molecule has 0 atom stereocenters. The molecule has 1 aromatic carbocycles. The molecular formula is C12H15NO. The van der Waals surface area contributed by atoms with E-state index in [1.807, 2.05) is 12.1 Å². The number of hydrogen-bond acceptors (Lipinski definition) is 1. The van der Waals surface area contributed by atoms with Crippen LogP contribution in [0.3, 0.4) is 0 Å². The lowest BCUT2D eigenvalue weighted by atomic mass is 10.1. The summed E-state index contributed by atoms with van der Waals surface area (Å²) in [6.45, 7) is 6.13. The number of hydrogen-bond donors (Lipinski definition) is 1. The first-order valence-electron chi connectivity index (χ1n) is 4.69. The molecule has 0 aliphatic carbocycles. The zero-order valence-electron chi connectivity index (χ0n) is 8.42. The van der Waals surface area contributed by atoms with Crippen molar-refractivity contribution in [1.82, 2.24) is 5.32 Å². The number of carbonyl (C=O) groups excluding carboxylic acids is 1. The molecule has 0 bridgehead atoms. The van der Waals surface area contributed by atoms with Gasteiger partial charge in [-0.25, -0.2) is 0 Å². The number of nitrogens with one attached hydrogen (secondary N) is 1. The van der Waals surface area contributed by atoms with Gasteiger partial charge in [-0.05, 0) is 30.5 Å². The van der Waals surface area contributed by atoms with Crippen molar-refractivity contribution in [3.8, 4) is 0 Å². The molecule has 1 amide bonds. The van der Waals surface area contributed by atoms with Gasteiger partial charge in [-0.15, -0.1) is 0 Å². The second-order valence-corrected chi connectivity index (χ2v) is 3.17. The van der Waals surface area contributed by atoms with Crippen LogP contribution in [-0.2, 0) is 11.2 Å². The molecule has 0 aromatic heterocycles. The quantitative estimate of drug-likeness (QED) is 0.719. The van der Waals surface area contributed by atoms with Crippen molar-refractivity contribution >= 4 is 5.91 Å². The summed E-state index contributed by atoms with van der Waals surface area (Å²) in [5.74, 6) is -0.112. The average molecular weight is 189 g/mol. The fourth-order valence-electron chi connectivity index (χ4n) is 1.28. The molecular weight excluding hydrogens is 174 g/mol. The molecule has 2 heteroatoms. The molecule has 0 saturated heterocycles. The summed E-state index contributed by atoms with van der Waals surface area (Å²) in [5.41, 5.74) is 2.54. The molecule has 0 spiro atoms. The Morgan fingerprint density at radius 3 is 2.86 bits per heavy atom. The Balaban J connectivity index is 2.42. The number of rotatable bonds is 4. The lowest BCUT2D eigenvalue weighted by Crippen LogP contribution is -2.23. The van der Waals surface area contributed by atoms with Gasteiger partial charge in [-0.2, -0.15) is 0 Å². The van der Waals surface area contributed by atoms with E-state index in [2.05, 4.69) is 31.0 Å². The maximum atomic E-state index is 10.9. The van der Waals surface area contributed by atoms with E-state index in [-0.39, 0.29) is 5.91 Å². The van der Waals surface area contributed by atoms with Crippen molar-refractivity contribution in [3.05, 3.63) is 48.0 Å². The van der Waals surface area contributed by atoms with Crippen molar-refractivity contribution in [2.45, 2.75) is 13.3 Å². The standard InChI is InChI=1S/C12H15NO/c1-3-12(14)13-9-8-11-7-5-4-6-10(11)2/h3-7H,1,8-9H2,2H3,(H,13,14). The molecule has 74 valence electrons. The number of amides is 1. The number of benzene rings is 1. The molecule has 14 heavy (non-hydrogen) atoms. The minimum Gasteiger partial charge on any atom is -0.352 e. The van der Waals surface area contributed by atoms with E-state index < -0.39 is 0 Å². The van der Waals surface area contributed by atoms with Gasteiger partial charge in [0.15, 0.2) is 0 Å². The van der Waals surface area contributed by atoms with Crippen molar-refractivity contribution in [2.75, 3.05) is 6.54 Å². The smallest absolute Gasteiger partial charge is 0.243 e. The van der Waals surface area contributed by atoms with Gasteiger partial charge in [0.1, 0.15) is 0 Å². The Morgan fingerprint density at radius 1 is 1.50 bits per heavy atom. The van der Waals surface area contributed by atoms with Crippen molar-refractivity contribution in [1.29, 1.82) is 0 Å². The molecule has 0 fully saturated rings. The molecule has 0 aliphatic rings. The van der Waals surface area contributed by atoms with Crippen molar-refractivity contribution in [3.63, 3.8) is 0 Å². The third-order valence-electron chi connectivity index (χ3n) is 2.14. The Bertz CT molecular complexity index is 331. The summed E-state index contributed by atoms with van der Waals surface area (Å²) in [4.78, 5) is 10.9. The lowest BCUT2D eigenvalue weighted by Gasteiger charge is -2.05. The Kier molecular flexibility index (Phi) is 3.92.